The van der Waals surface area contributed by atoms with Crippen LogP contribution in [0.2, 0.25) is 0 Å². The minimum absolute atomic E-state index is 0.0464. The van der Waals surface area contributed by atoms with Gasteiger partial charge < -0.3 is 9.64 Å². The predicted molar refractivity (Wildman–Crippen MR) is 76.6 cm³/mol. The van der Waals surface area contributed by atoms with E-state index in [2.05, 4.69) is 0 Å². The monoisotopic (exact) mass is 275 g/mol. The number of ether oxygens (including phenoxy) is 1. The summed E-state index contributed by atoms with van der Waals surface area (Å²) in [7, 11) is 0. The van der Waals surface area contributed by atoms with Gasteiger partial charge in [0.05, 0.1) is 6.61 Å². The van der Waals surface area contributed by atoms with Crippen molar-refractivity contribution in [2.75, 3.05) is 13.2 Å². The molecule has 1 saturated carbocycles. The fourth-order valence-electron chi connectivity index (χ4n) is 2.24. The molecule has 0 atom stereocenters. The highest BCUT2D eigenvalue weighted by Gasteiger charge is 2.35. The summed E-state index contributed by atoms with van der Waals surface area (Å²) in [5.74, 6) is -0.403. The minimum Gasteiger partial charge on any atom is -0.465 e. The fraction of sp³-hybridized carbons (Fsp3) is 0.500. The Hall–Kier alpha value is -1.84. The zero-order valence-corrected chi connectivity index (χ0v) is 12.3. The molecule has 0 unspecified atom stereocenters. The van der Waals surface area contributed by atoms with Gasteiger partial charge >= 0.3 is 5.97 Å². The molecule has 1 fully saturated rings. The number of nitrogens with zero attached hydrogens (tertiary/aromatic N) is 1. The van der Waals surface area contributed by atoms with Crippen LogP contribution in [0.15, 0.2) is 18.2 Å². The van der Waals surface area contributed by atoms with Crippen LogP contribution >= 0.6 is 0 Å². The highest BCUT2D eigenvalue weighted by Crippen LogP contribution is 2.29. The molecule has 4 heteroatoms. The van der Waals surface area contributed by atoms with Crippen molar-refractivity contribution in [2.24, 2.45) is 0 Å². The van der Waals surface area contributed by atoms with Crippen molar-refractivity contribution >= 4 is 11.9 Å². The van der Waals surface area contributed by atoms with Crippen molar-refractivity contribution in [3.63, 3.8) is 0 Å². The minimum atomic E-state index is -0.335. The molecule has 4 nitrogen and oxygen atoms in total. The van der Waals surface area contributed by atoms with Crippen LogP contribution < -0.4 is 0 Å². The molecule has 0 radical (unpaired) electrons. The summed E-state index contributed by atoms with van der Waals surface area (Å²) in [6.45, 7) is 6.09. The summed E-state index contributed by atoms with van der Waals surface area (Å²) >= 11 is 0. The van der Waals surface area contributed by atoms with E-state index in [-0.39, 0.29) is 24.5 Å². The van der Waals surface area contributed by atoms with Gasteiger partial charge in [0.15, 0.2) is 0 Å². The van der Waals surface area contributed by atoms with E-state index in [1.807, 2.05) is 32.0 Å². The van der Waals surface area contributed by atoms with E-state index in [1.165, 1.54) is 0 Å². The van der Waals surface area contributed by atoms with Crippen molar-refractivity contribution in [1.29, 1.82) is 0 Å². The smallest absolute Gasteiger partial charge is 0.325 e. The van der Waals surface area contributed by atoms with Gasteiger partial charge in [-0.25, -0.2) is 0 Å². The van der Waals surface area contributed by atoms with E-state index in [9.17, 15) is 9.59 Å². The summed E-state index contributed by atoms with van der Waals surface area (Å²) in [6.07, 6.45) is 1.94. The molecule has 0 heterocycles. The van der Waals surface area contributed by atoms with Crippen molar-refractivity contribution in [3.8, 4) is 0 Å². The Bertz CT molecular complexity index is 520. The lowest BCUT2D eigenvalue weighted by molar-refractivity contribution is -0.144. The molecule has 0 saturated heterocycles. The number of aryl methyl sites for hydroxylation is 1. The lowest BCUT2D eigenvalue weighted by atomic mass is 10.0. The second-order valence-corrected chi connectivity index (χ2v) is 5.22. The molecule has 0 aliphatic heterocycles. The maximum absolute atomic E-state index is 12.7. The second-order valence-electron chi connectivity index (χ2n) is 5.22. The van der Waals surface area contributed by atoms with Crippen LogP contribution in [0, 0.1) is 13.8 Å². The molecule has 0 spiro atoms. The average molecular weight is 275 g/mol. The molecule has 1 aromatic carbocycles. The molecule has 0 bridgehead atoms. The summed E-state index contributed by atoms with van der Waals surface area (Å²) in [5.41, 5.74) is 2.75. The molecule has 1 aromatic rings. The molecule has 1 aliphatic rings. The average Bonchev–Trinajstić information content (AvgIpc) is 3.23. The molecular formula is C16H21NO3. The third kappa shape index (κ3) is 3.18. The maximum Gasteiger partial charge on any atom is 0.325 e. The first kappa shape index (κ1) is 14.6. The lowest BCUT2D eigenvalue weighted by Crippen LogP contribution is -2.38. The predicted octanol–water partition coefficient (Wildman–Crippen LogP) is 2.47. The van der Waals surface area contributed by atoms with Crippen LogP contribution in [0.3, 0.4) is 0 Å². The van der Waals surface area contributed by atoms with Gasteiger partial charge in [-0.15, -0.1) is 0 Å². The number of esters is 1. The molecule has 20 heavy (non-hydrogen) atoms. The van der Waals surface area contributed by atoms with Crippen LogP contribution in [0.5, 0.6) is 0 Å². The van der Waals surface area contributed by atoms with E-state index in [1.54, 1.807) is 11.8 Å². The first-order chi connectivity index (χ1) is 9.54. The van der Waals surface area contributed by atoms with Crippen molar-refractivity contribution in [3.05, 3.63) is 34.9 Å². The van der Waals surface area contributed by atoms with Crippen molar-refractivity contribution < 1.29 is 14.3 Å². The van der Waals surface area contributed by atoms with Gasteiger partial charge in [-0.3, -0.25) is 9.59 Å². The topological polar surface area (TPSA) is 46.6 Å². The van der Waals surface area contributed by atoms with Crippen LogP contribution in [0.1, 0.15) is 41.3 Å². The largest absolute Gasteiger partial charge is 0.465 e. The van der Waals surface area contributed by atoms with Gasteiger partial charge in [0, 0.05) is 11.6 Å². The van der Waals surface area contributed by atoms with E-state index in [4.69, 9.17) is 4.74 Å². The van der Waals surface area contributed by atoms with Gasteiger partial charge in [0.1, 0.15) is 6.54 Å². The second kappa shape index (κ2) is 6.07. The van der Waals surface area contributed by atoms with Gasteiger partial charge in [0.25, 0.3) is 5.91 Å². The Morgan fingerprint density at radius 3 is 2.60 bits per heavy atom. The number of benzene rings is 1. The van der Waals surface area contributed by atoms with Gasteiger partial charge in [0.2, 0.25) is 0 Å². The number of rotatable bonds is 5. The summed E-state index contributed by atoms with van der Waals surface area (Å²) < 4.78 is 4.96. The molecule has 0 aromatic heterocycles. The normalized spacial score (nSPS) is 13.9. The molecule has 0 N–H and O–H groups in total. The number of carbonyl (C=O) groups excluding carboxylic acids is 2. The first-order valence-corrected chi connectivity index (χ1v) is 7.07. The van der Waals surface area contributed by atoms with E-state index < -0.39 is 0 Å². The molecule has 1 aliphatic carbocycles. The Morgan fingerprint density at radius 1 is 1.30 bits per heavy atom. The number of hydrogen-bond acceptors (Lipinski definition) is 3. The Kier molecular flexibility index (Phi) is 4.42. The summed E-state index contributed by atoms with van der Waals surface area (Å²) in [6, 6.07) is 5.88. The Morgan fingerprint density at radius 2 is 2.00 bits per heavy atom. The van der Waals surface area contributed by atoms with Gasteiger partial charge in [-0.1, -0.05) is 12.1 Å². The van der Waals surface area contributed by atoms with Crippen LogP contribution in [0.4, 0.5) is 0 Å². The van der Waals surface area contributed by atoms with Crippen molar-refractivity contribution in [1.82, 2.24) is 4.90 Å². The summed E-state index contributed by atoms with van der Waals surface area (Å²) in [5, 5.41) is 0. The molecule has 108 valence electrons. The van der Waals surface area contributed by atoms with E-state index in [0.29, 0.717) is 12.2 Å². The maximum atomic E-state index is 12.7. The number of amides is 1. The third-order valence-corrected chi connectivity index (χ3v) is 3.69. The first-order valence-electron chi connectivity index (χ1n) is 7.07. The Labute approximate surface area is 119 Å². The fourth-order valence-corrected chi connectivity index (χ4v) is 2.24. The van der Waals surface area contributed by atoms with Crippen LogP contribution in [0.25, 0.3) is 0 Å². The number of hydrogen-bond donors (Lipinski definition) is 0. The lowest BCUT2D eigenvalue weighted by Gasteiger charge is -2.22. The van der Waals surface area contributed by atoms with Crippen LogP contribution in [-0.4, -0.2) is 36.0 Å². The van der Waals surface area contributed by atoms with E-state index >= 15 is 0 Å². The highest BCUT2D eigenvalue weighted by molar-refractivity contribution is 5.97. The summed E-state index contributed by atoms with van der Waals surface area (Å²) in [4.78, 5) is 26.0. The third-order valence-electron chi connectivity index (χ3n) is 3.69. The SMILES string of the molecule is CCOC(=O)CN(C(=O)c1cccc(C)c1C)C1CC1. The Balaban J connectivity index is 2.19. The standard InChI is InChI=1S/C16H21NO3/c1-4-20-15(18)10-17(13-8-9-13)16(19)14-7-5-6-11(2)12(14)3/h5-7,13H,4,8-10H2,1-3H3. The quantitative estimate of drug-likeness (QED) is 0.776. The van der Waals surface area contributed by atoms with Crippen molar-refractivity contribution in [2.45, 2.75) is 39.7 Å². The van der Waals surface area contributed by atoms with Gasteiger partial charge in [-0.2, -0.15) is 0 Å². The van der Waals surface area contributed by atoms with Gasteiger partial charge in [-0.05, 0) is 50.8 Å². The zero-order valence-electron chi connectivity index (χ0n) is 12.3. The zero-order chi connectivity index (χ0) is 14.7. The van der Waals surface area contributed by atoms with E-state index in [0.717, 1.165) is 24.0 Å². The number of carbonyl (C=O) groups is 2. The highest BCUT2D eigenvalue weighted by atomic mass is 16.5. The van der Waals surface area contributed by atoms with Crippen LogP contribution in [-0.2, 0) is 9.53 Å². The molecule has 1 amide bonds. The molecule has 2 rings (SSSR count). The molecular weight excluding hydrogens is 254 g/mol.